The molecule has 0 radical (unpaired) electrons. The Morgan fingerprint density at radius 3 is 2.62 bits per heavy atom. The fourth-order valence-corrected chi connectivity index (χ4v) is 2.63. The van der Waals surface area contributed by atoms with Gasteiger partial charge in [0.2, 0.25) is 0 Å². The summed E-state index contributed by atoms with van der Waals surface area (Å²) in [6, 6.07) is 21.1. The number of nitrogens with zero attached hydrogens (tertiary/aromatic N) is 1. The Morgan fingerprint density at radius 1 is 0.952 bits per heavy atom. The van der Waals surface area contributed by atoms with Gasteiger partial charge in [0.1, 0.15) is 0 Å². The van der Waals surface area contributed by atoms with E-state index in [-0.39, 0.29) is 0 Å². The summed E-state index contributed by atoms with van der Waals surface area (Å²) >= 11 is 0. The number of aromatic nitrogens is 1. The van der Waals surface area contributed by atoms with Crippen LogP contribution in [0, 0.1) is 0 Å². The van der Waals surface area contributed by atoms with E-state index < -0.39 is 0 Å². The number of rotatable bonds is 5. The molecule has 0 aliphatic carbocycles. The highest BCUT2D eigenvalue weighted by Crippen LogP contribution is 2.17. The average Bonchev–Trinajstić information content (AvgIpc) is 2.56. The molecule has 0 spiro atoms. The van der Waals surface area contributed by atoms with Gasteiger partial charge in [0.05, 0.1) is 5.52 Å². The Bertz CT molecular complexity index is 702. The van der Waals surface area contributed by atoms with Crippen LogP contribution < -0.4 is 5.32 Å². The maximum absolute atomic E-state index is 4.50. The standard InChI is InChI=1S/C19H20N2/c1-15(16-7-3-2-4-8-16)13-20-14-18-10-5-9-17-11-6-12-21-19(17)18/h2-12,15,20H,13-14H2,1H3. The van der Waals surface area contributed by atoms with Gasteiger partial charge in [-0.2, -0.15) is 0 Å². The second kappa shape index (κ2) is 6.51. The van der Waals surface area contributed by atoms with Crippen molar-refractivity contribution in [3.63, 3.8) is 0 Å². The van der Waals surface area contributed by atoms with Crippen molar-refractivity contribution < 1.29 is 0 Å². The molecule has 2 heteroatoms. The number of nitrogens with one attached hydrogen (secondary N) is 1. The molecule has 0 aliphatic rings. The highest BCUT2D eigenvalue weighted by Gasteiger charge is 2.05. The highest BCUT2D eigenvalue weighted by atomic mass is 14.9. The fraction of sp³-hybridized carbons (Fsp3) is 0.211. The van der Waals surface area contributed by atoms with Crippen LogP contribution in [0.15, 0.2) is 66.9 Å². The van der Waals surface area contributed by atoms with Crippen molar-refractivity contribution in [2.24, 2.45) is 0 Å². The third-order valence-electron chi connectivity index (χ3n) is 3.85. The third-order valence-corrected chi connectivity index (χ3v) is 3.85. The fourth-order valence-electron chi connectivity index (χ4n) is 2.63. The summed E-state index contributed by atoms with van der Waals surface area (Å²) < 4.78 is 0. The molecule has 106 valence electrons. The molecular weight excluding hydrogens is 256 g/mol. The SMILES string of the molecule is CC(CNCc1cccc2cccnc12)c1ccccc1. The molecule has 2 aromatic carbocycles. The normalized spacial score (nSPS) is 12.4. The van der Waals surface area contributed by atoms with Crippen molar-refractivity contribution in [3.8, 4) is 0 Å². The lowest BCUT2D eigenvalue weighted by Crippen LogP contribution is -2.19. The maximum Gasteiger partial charge on any atom is 0.0746 e. The number of benzene rings is 2. The number of pyridine rings is 1. The molecular formula is C19H20N2. The van der Waals surface area contributed by atoms with E-state index in [9.17, 15) is 0 Å². The Hall–Kier alpha value is -2.19. The van der Waals surface area contributed by atoms with Crippen LogP contribution in [0.2, 0.25) is 0 Å². The summed E-state index contributed by atoms with van der Waals surface area (Å²) in [4.78, 5) is 4.50. The Kier molecular flexibility index (Phi) is 4.27. The first-order valence-electron chi connectivity index (χ1n) is 7.43. The van der Waals surface area contributed by atoms with Gasteiger partial charge < -0.3 is 5.32 Å². The summed E-state index contributed by atoms with van der Waals surface area (Å²) in [6.45, 7) is 4.07. The number of fused-ring (bicyclic) bond motifs is 1. The Labute approximate surface area is 125 Å². The van der Waals surface area contributed by atoms with E-state index in [1.807, 2.05) is 12.3 Å². The smallest absolute Gasteiger partial charge is 0.0746 e. The molecule has 0 amide bonds. The molecule has 21 heavy (non-hydrogen) atoms. The second-order valence-corrected chi connectivity index (χ2v) is 5.43. The van der Waals surface area contributed by atoms with Gasteiger partial charge in [0.15, 0.2) is 0 Å². The lowest BCUT2D eigenvalue weighted by molar-refractivity contribution is 0.616. The monoisotopic (exact) mass is 276 g/mol. The van der Waals surface area contributed by atoms with Crippen LogP contribution in [0.3, 0.4) is 0 Å². The van der Waals surface area contributed by atoms with Crippen molar-refractivity contribution in [3.05, 3.63) is 78.0 Å². The number of hydrogen-bond acceptors (Lipinski definition) is 2. The van der Waals surface area contributed by atoms with Crippen LogP contribution in [0.5, 0.6) is 0 Å². The van der Waals surface area contributed by atoms with Crippen LogP contribution in [0.4, 0.5) is 0 Å². The summed E-state index contributed by atoms with van der Waals surface area (Å²) in [7, 11) is 0. The summed E-state index contributed by atoms with van der Waals surface area (Å²) in [6.07, 6.45) is 1.86. The van der Waals surface area contributed by atoms with E-state index >= 15 is 0 Å². The quantitative estimate of drug-likeness (QED) is 0.758. The molecule has 3 aromatic rings. The largest absolute Gasteiger partial charge is 0.312 e. The van der Waals surface area contributed by atoms with Crippen LogP contribution in [0.1, 0.15) is 24.0 Å². The molecule has 0 saturated heterocycles. The molecule has 3 rings (SSSR count). The minimum absolute atomic E-state index is 0.508. The predicted octanol–water partition coefficient (Wildman–Crippen LogP) is 4.13. The molecule has 1 unspecified atom stereocenters. The van der Waals surface area contributed by atoms with Gasteiger partial charge in [0.25, 0.3) is 0 Å². The van der Waals surface area contributed by atoms with E-state index in [2.05, 4.69) is 71.8 Å². The summed E-state index contributed by atoms with van der Waals surface area (Å²) in [5, 5.41) is 4.75. The zero-order valence-electron chi connectivity index (χ0n) is 12.3. The van der Waals surface area contributed by atoms with Gasteiger partial charge in [-0.1, -0.05) is 61.5 Å². The minimum atomic E-state index is 0.508. The molecule has 0 bridgehead atoms. The second-order valence-electron chi connectivity index (χ2n) is 5.43. The van der Waals surface area contributed by atoms with E-state index in [0.717, 1.165) is 18.6 Å². The van der Waals surface area contributed by atoms with E-state index in [1.54, 1.807) is 0 Å². The minimum Gasteiger partial charge on any atom is -0.312 e. The topological polar surface area (TPSA) is 24.9 Å². The molecule has 0 fully saturated rings. The van der Waals surface area contributed by atoms with E-state index in [0.29, 0.717) is 5.92 Å². The molecule has 0 aliphatic heterocycles. The molecule has 0 saturated carbocycles. The van der Waals surface area contributed by atoms with Gasteiger partial charge in [-0.15, -0.1) is 0 Å². The first kappa shape index (κ1) is 13.8. The van der Waals surface area contributed by atoms with Gasteiger partial charge in [-0.3, -0.25) is 4.98 Å². The highest BCUT2D eigenvalue weighted by molar-refractivity contribution is 5.81. The third kappa shape index (κ3) is 3.29. The zero-order valence-corrected chi connectivity index (χ0v) is 12.3. The lowest BCUT2D eigenvalue weighted by atomic mass is 10.0. The van der Waals surface area contributed by atoms with Crippen molar-refractivity contribution in [2.75, 3.05) is 6.54 Å². The molecule has 2 nitrogen and oxygen atoms in total. The van der Waals surface area contributed by atoms with Crippen LogP contribution in [-0.4, -0.2) is 11.5 Å². The van der Waals surface area contributed by atoms with Crippen LogP contribution in [0.25, 0.3) is 10.9 Å². The molecule has 1 atom stereocenters. The van der Waals surface area contributed by atoms with Gasteiger partial charge in [-0.25, -0.2) is 0 Å². The average molecular weight is 276 g/mol. The van der Waals surface area contributed by atoms with Gasteiger partial charge >= 0.3 is 0 Å². The van der Waals surface area contributed by atoms with E-state index in [1.165, 1.54) is 16.5 Å². The first-order chi connectivity index (χ1) is 10.3. The van der Waals surface area contributed by atoms with Crippen LogP contribution >= 0.6 is 0 Å². The first-order valence-corrected chi connectivity index (χ1v) is 7.43. The molecule has 1 heterocycles. The van der Waals surface area contributed by atoms with Crippen molar-refractivity contribution in [2.45, 2.75) is 19.4 Å². The van der Waals surface area contributed by atoms with E-state index in [4.69, 9.17) is 0 Å². The summed E-state index contributed by atoms with van der Waals surface area (Å²) in [5.74, 6) is 0.508. The Morgan fingerprint density at radius 2 is 1.76 bits per heavy atom. The van der Waals surface area contributed by atoms with Crippen molar-refractivity contribution >= 4 is 10.9 Å². The lowest BCUT2D eigenvalue weighted by Gasteiger charge is -2.13. The van der Waals surface area contributed by atoms with Crippen molar-refractivity contribution in [1.29, 1.82) is 0 Å². The van der Waals surface area contributed by atoms with Gasteiger partial charge in [-0.05, 0) is 23.1 Å². The number of para-hydroxylation sites is 1. The zero-order chi connectivity index (χ0) is 14.5. The Balaban J connectivity index is 1.65. The predicted molar refractivity (Wildman–Crippen MR) is 88.3 cm³/mol. The maximum atomic E-state index is 4.50. The summed E-state index contributed by atoms with van der Waals surface area (Å²) in [5.41, 5.74) is 3.73. The molecule has 1 N–H and O–H groups in total. The van der Waals surface area contributed by atoms with Crippen molar-refractivity contribution in [1.82, 2.24) is 10.3 Å². The number of hydrogen-bond donors (Lipinski definition) is 1. The van der Waals surface area contributed by atoms with Crippen LogP contribution in [-0.2, 0) is 6.54 Å². The van der Waals surface area contributed by atoms with Gasteiger partial charge in [0, 0.05) is 24.7 Å². The molecule has 1 aromatic heterocycles.